The average Bonchev–Trinajstić information content (AvgIpc) is 4.13. The fraction of sp³-hybridized carbons (Fsp3) is 0.0625. The van der Waals surface area contributed by atoms with Crippen LogP contribution in [0.4, 0.5) is 22.7 Å². The quantitative estimate of drug-likeness (QED) is 0.123. The van der Waals surface area contributed by atoms with Crippen molar-refractivity contribution in [1.82, 2.24) is 9.55 Å². The summed E-state index contributed by atoms with van der Waals surface area (Å²) in [6.07, 6.45) is 1.91. The number of ether oxygens (including phenoxy) is 1. The number of pyridine rings is 1. The Morgan fingerprint density at radius 3 is 1.90 bits per heavy atom. The topological polar surface area (TPSA) is 33.5 Å². The Bertz CT molecular complexity index is 3890. The van der Waals surface area contributed by atoms with E-state index in [-0.39, 0.29) is 26.5 Å². The summed E-state index contributed by atoms with van der Waals surface area (Å²) < 4.78 is 8.95. The van der Waals surface area contributed by atoms with E-state index in [9.17, 15) is 0 Å². The maximum atomic E-state index is 6.74. The van der Waals surface area contributed by atoms with Crippen LogP contribution in [0.1, 0.15) is 26.3 Å². The van der Waals surface area contributed by atoms with Gasteiger partial charge in [0.1, 0.15) is 5.82 Å². The van der Waals surface area contributed by atoms with Crippen LogP contribution in [-0.4, -0.2) is 17.6 Å². The summed E-state index contributed by atoms with van der Waals surface area (Å²) in [6, 6.07) is 82.4. The molecule has 5 nitrogen and oxygen atoms in total. The maximum Gasteiger partial charge on any atom is 0.182 e. The molecule has 11 aromatic rings. The molecule has 14 rings (SSSR count). The van der Waals surface area contributed by atoms with Crippen molar-refractivity contribution >= 4 is 73.4 Å². The summed E-state index contributed by atoms with van der Waals surface area (Å²) >= 11 is 0. The molecule has 0 fully saturated rings. The summed E-state index contributed by atoms with van der Waals surface area (Å²) in [7, 11) is -2.72. The van der Waals surface area contributed by atoms with Crippen LogP contribution in [0.5, 0.6) is 11.5 Å². The van der Waals surface area contributed by atoms with Gasteiger partial charge in [-0.15, -0.1) is 48.1 Å². The Hall–Kier alpha value is -7.76. The maximum absolute atomic E-state index is 6.74. The normalized spacial score (nSPS) is 13.7. The van der Waals surface area contributed by atoms with E-state index >= 15 is 0 Å². The van der Waals surface area contributed by atoms with Crippen LogP contribution in [-0.2, 0) is 26.5 Å². The van der Waals surface area contributed by atoms with E-state index in [0.29, 0.717) is 11.5 Å². The Balaban J connectivity index is 0.00000492. The molecule has 0 radical (unpaired) electrons. The molecule has 7 heteroatoms. The van der Waals surface area contributed by atoms with E-state index in [1.165, 1.54) is 65.4 Å². The van der Waals surface area contributed by atoms with Gasteiger partial charge in [-0.05, 0) is 89.7 Å². The predicted molar refractivity (Wildman–Crippen MR) is 290 cm³/mol. The Labute approximate surface area is 429 Å². The second-order valence-electron chi connectivity index (χ2n) is 19.6. The van der Waals surface area contributed by atoms with Gasteiger partial charge in [-0.1, -0.05) is 172 Å². The molecule has 0 bridgehead atoms. The van der Waals surface area contributed by atoms with Crippen molar-refractivity contribution in [2.24, 2.45) is 0 Å². The molecule has 0 N–H and O–H groups in total. The van der Waals surface area contributed by atoms with Gasteiger partial charge in [-0.2, -0.15) is 12.1 Å². The zero-order valence-corrected chi connectivity index (χ0v) is 42.6. The molecule has 5 heterocycles. The molecule has 0 saturated carbocycles. The third kappa shape index (κ3) is 6.44. The largest absolute Gasteiger partial charge is 0.509 e. The van der Waals surface area contributed by atoms with Gasteiger partial charge in [0, 0.05) is 72.5 Å². The first-order valence-electron chi connectivity index (χ1n) is 24.0. The van der Waals surface area contributed by atoms with Crippen LogP contribution in [0.3, 0.4) is 0 Å². The van der Waals surface area contributed by atoms with Gasteiger partial charge in [0.05, 0.1) is 0 Å². The molecular formula is C64H45N4OPtSi-3. The molecule has 0 atom stereocenters. The second-order valence-corrected chi connectivity index (χ2v) is 23.2. The minimum absolute atomic E-state index is 0. The van der Waals surface area contributed by atoms with E-state index in [2.05, 4.69) is 242 Å². The van der Waals surface area contributed by atoms with Gasteiger partial charge in [0.25, 0.3) is 0 Å². The fourth-order valence-electron chi connectivity index (χ4n) is 11.7. The first kappa shape index (κ1) is 43.3. The van der Waals surface area contributed by atoms with Crippen molar-refractivity contribution < 1.29 is 25.8 Å². The number of para-hydroxylation sites is 3. The van der Waals surface area contributed by atoms with Gasteiger partial charge in [-0.3, -0.25) is 0 Å². The van der Waals surface area contributed by atoms with Gasteiger partial charge in [0.15, 0.2) is 8.07 Å². The molecule has 0 aliphatic carbocycles. The van der Waals surface area contributed by atoms with Crippen molar-refractivity contribution in [1.29, 1.82) is 0 Å². The standard InChI is InChI=1S/C64H45N4OSi.Pt/c1-64(2,3)43-36-37-65-61(38-43)68-53-26-11-7-22-48(53)49-33-32-46(40-56(49)68)69-45-21-17-20-44(39-45)66-41-67(55-28-13-12-27-54(55)66)63-47(42-18-5-4-6-19-42)34-35-60-62(63)52-25-10-16-31-59(52)70(60)57-29-14-8-23-50(57)51-24-9-15-30-58(51)70;/h4-38,41H,1-3H3;/q-3;. The molecule has 2 aromatic heterocycles. The number of hydrogen-bond donors (Lipinski definition) is 0. The van der Waals surface area contributed by atoms with Crippen LogP contribution in [0, 0.1) is 18.8 Å². The Morgan fingerprint density at radius 2 is 1.15 bits per heavy atom. The van der Waals surface area contributed by atoms with Gasteiger partial charge < -0.3 is 19.1 Å². The molecule has 1 spiro atoms. The van der Waals surface area contributed by atoms with Crippen molar-refractivity contribution in [2.45, 2.75) is 26.2 Å². The SMILES string of the molecule is CC(C)(C)c1ccnc(-n2c3[c-]c(Oc4[c-]c(N5[CH-]N(c6c(-c7ccccc7)ccc7c6-c6ccccc6[Si]76c7ccccc7-c7ccccc76)c6ccccc65)ccc4)ccc3c3ccccc32)c1.[Pt]. The molecule has 344 valence electrons. The average molecular weight is 1110 g/mol. The minimum Gasteiger partial charge on any atom is -0.509 e. The van der Waals surface area contributed by atoms with E-state index in [4.69, 9.17) is 9.72 Å². The van der Waals surface area contributed by atoms with Crippen LogP contribution < -0.4 is 35.3 Å². The third-order valence-electron chi connectivity index (χ3n) is 14.7. The predicted octanol–water partition coefficient (Wildman–Crippen LogP) is 13.3. The summed E-state index contributed by atoms with van der Waals surface area (Å²) in [5, 5.41) is 8.03. The molecule has 0 saturated heterocycles. The first-order valence-corrected chi connectivity index (χ1v) is 26.0. The van der Waals surface area contributed by atoms with Gasteiger partial charge in [-0.25, -0.2) is 4.98 Å². The van der Waals surface area contributed by atoms with E-state index < -0.39 is 8.07 Å². The van der Waals surface area contributed by atoms with E-state index in [0.717, 1.165) is 44.7 Å². The number of aromatic nitrogens is 2. The minimum atomic E-state index is -2.72. The van der Waals surface area contributed by atoms with Crippen molar-refractivity contribution in [2.75, 3.05) is 9.80 Å². The number of rotatable bonds is 6. The summed E-state index contributed by atoms with van der Waals surface area (Å²) in [5.41, 5.74) is 15.0. The fourth-order valence-corrected chi connectivity index (χ4v) is 17.3. The molecule has 0 amide bonds. The number of benzene rings is 9. The van der Waals surface area contributed by atoms with Crippen LogP contribution in [0.2, 0.25) is 0 Å². The molecule has 3 aliphatic heterocycles. The monoisotopic (exact) mass is 1110 g/mol. The van der Waals surface area contributed by atoms with Crippen molar-refractivity contribution in [3.63, 3.8) is 0 Å². The van der Waals surface area contributed by atoms with Gasteiger partial charge in [0.2, 0.25) is 0 Å². The zero-order valence-electron chi connectivity index (χ0n) is 39.3. The van der Waals surface area contributed by atoms with Crippen LogP contribution in [0.15, 0.2) is 212 Å². The van der Waals surface area contributed by atoms with E-state index in [1.54, 1.807) is 0 Å². The molecule has 3 aliphatic rings. The number of nitrogens with zero attached hydrogens (tertiary/aromatic N) is 4. The Kier molecular flexibility index (Phi) is 10.0. The van der Waals surface area contributed by atoms with Gasteiger partial charge >= 0.3 is 0 Å². The van der Waals surface area contributed by atoms with Crippen LogP contribution >= 0.6 is 0 Å². The number of fused-ring (bicyclic) bond motifs is 14. The molecule has 71 heavy (non-hydrogen) atoms. The first-order chi connectivity index (χ1) is 34.4. The summed E-state index contributed by atoms with van der Waals surface area (Å²) in [6.45, 7) is 8.95. The molecule has 0 unspecified atom stereocenters. The second kappa shape index (κ2) is 16.4. The number of hydrogen-bond acceptors (Lipinski definition) is 4. The van der Waals surface area contributed by atoms with E-state index in [1.807, 2.05) is 24.4 Å². The van der Waals surface area contributed by atoms with Crippen molar-refractivity contribution in [3.8, 4) is 50.7 Å². The smallest absolute Gasteiger partial charge is 0.182 e. The number of anilines is 4. The molecular weight excluding hydrogens is 1060 g/mol. The van der Waals surface area contributed by atoms with Crippen LogP contribution in [0.25, 0.3) is 61.0 Å². The summed E-state index contributed by atoms with van der Waals surface area (Å²) in [4.78, 5) is 9.57. The molecule has 9 aromatic carbocycles. The zero-order chi connectivity index (χ0) is 46.7. The summed E-state index contributed by atoms with van der Waals surface area (Å²) in [5.74, 6) is 2.05. The third-order valence-corrected chi connectivity index (χ3v) is 19.7. The Morgan fingerprint density at radius 1 is 0.521 bits per heavy atom. The van der Waals surface area contributed by atoms with Crippen molar-refractivity contribution in [3.05, 3.63) is 237 Å².